The summed E-state index contributed by atoms with van der Waals surface area (Å²) < 4.78 is 0. The Kier molecular flexibility index (Phi) is 5.26. The van der Waals surface area contributed by atoms with Gasteiger partial charge in [-0.3, -0.25) is 0 Å². The summed E-state index contributed by atoms with van der Waals surface area (Å²) in [5.41, 5.74) is 5.99. The molecule has 1 fully saturated rings. The molecule has 0 aromatic heterocycles. The third kappa shape index (κ3) is 3.63. The van der Waals surface area contributed by atoms with E-state index in [0.29, 0.717) is 6.04 Å². The van der Waals surface area contributed by atoms with E-state index in [4.69, 9.17) is 0 Å². The monoisotopic (exact) mass is 273 g/mol. The van der Waals surface area contributed by atoms with Crippen molar-refractivity contribution in [3.05, 3.63) is 34.4 Å². The van der Waals surface area contributed by atoms with Gasteiger partial charge in [-0.2, -0.15) is 0 Å². The summed E-state index contributed by atoms with van der Waals surface area (Å²) >= 11 is 0. The summed E-state index contributed by atoms with van der Waals surface area (Å²) in [5.74, 6) is 1.57. The van der Waals surface area contributed by atoms with E-state index >= 15 is 0 Å². The van der Waals surface area contributed by atoms with Crippen LogP contribution in [0, 0.1) is 26.7 Å². The number of nitrogens with one attached hydrogen (secondary N) is 1. The standard InChI is InChI=1S/C19H31N/c1-13(2)20-12-17-8-6-7-9-18(17)19-11-15(4)14(3)10-16(19)5/h10-11,13,17-18,20H,6-9,12H2,1-5H3. The van der Waals surface area contributed by atoms with Gasteiger partial charge in [-0.1, -0.05) is 38.8 Å². The highest BCUT2D eigenvalue weighted by molar-refractivity contribution is 5.39. The van der Waals surface area contributed by atoms with E-state index in [2.05, 4.69) is 52.1 Å². The molecule has 0 aliphatic heterocycles. The number of aryl methyl sites for hydroxylation is 3. The summed E-state index contributed by atoms with van der Waals surface area (Å²) in [6, 6.07) is 5.44. The van der Waals surface area contributed by atoms with Crippen molar-refractivity contribution in [2.75, 3.05) is 6.54 Å². The van der Waals surface area contributed by atoms with Crippen LogP contribution in [0.2, 0.25) is 0 Å². The Bertz CT molecular complexity index is 447. The third-order valence-corrected chi connectivity index (χ3v) is 4.98. The highest BCUT2D eigenvalue weighted by Gasteiger charge is 2.27. The molecule has 1 aromatic rings. The minimum absolute atomic E-state index is 0.596. The van der Waals surface area contributed by atoms with E-state index in [1.807, 2.05) is 0 Å². The molecule has 2 unspecified atom stereocenters. The van der Waals surface area contributed by atoms with Gasteiger partial charge in [-0.05, 0) is 74.2 Å². The second-order valence-electron chi connectivity index (χ2n) is 7.01. The maximum atomic E-state index is 3.66. The quantitative estimate of drug-likeness (QED) is 0.824. The van der Waals surface area contributed by atoms with Crippen LogP contribution in [-0.2, 0) is 0 Å². The summed E-state index contributed by atoms with van der Waals surface area (Å²) in [7, 11) is 0. The van der Waals surface area contributed by atoms with Crippen molar-refractivity contribution in [2.45, 2.75) is 72.3 Å². The molecule has 20 heavy (non-hydrogen) atoms. The average molecular weight is 273 g/mol. The van der Waals surface area contributed by atoms with Gasteiger partial charge in [0.05, 0.1) is 0 Å². The fourth-order valence-electron chi connectivity index (χ4n) is 3.63. The molecule has 0 radical (unpaired) electrons. The molecule has 1 N–H and O–H groups in total. The Balaban J connectivity index is 2.21. The van der Waals surface area contributed by atoms with Crippen LogP contribution < -0.4 is 5.32 Å². The first-order valence-corrected chi connectivity index (χ1v) is 8.30. The van der Waals surface area contributed by atoms with Crippen LogP contribution in [0.3, 0.4) is 0 Å². The normalized spacial score (nSPS) is 23.3. The van der Waals surface area contributed by atoms with Crippen LogP contribution in [-0.4, -0.2) is 12.6 Å². The second kappa shape index (κ2) is 6.76. The zero-order valence-corrected chi connectivity index (χ0v) is 13.9. The Morgan fingerprint density at radius 3 is 2.35 bits per heavy atom. The zero-order chi connectivity index (χ0) is 14.7. The van der Waals surface area contributed by atoms with Crippen molar-refractivity contribution in [3.63, 3.8) is 0 Å². The van der Waals surface area contributed by atoms with Crippen molar-refractivity contribution in [1.29, 1.82) is 0 Å². The van der Waals surface area contributed by atoms with E-state index in [-0.39, 0.29) is 0 Å². The lowest BCUT2D eigenvalue weighted by Gasteiger charge is -2.34. The number of benzene rings is 1. The maximum absolute atomic E-state index is 3.66. The first kappa shape index (κ1) is 15.6. The minimum atomic E-state index is 0.596. The highest BCUT2D eigenvalue weighted by atomic mass is 14.9. The fraction of sp³-hybridized carbons (Fsp3) is 0.684. The predicted molar refractivity (Wildman–Crippen MR) is 88.5 cm³/mol. The van der Waals surface area contributed by atoms with Crippen molar-refractivity contribution in [2.24, 2.45) is 5.92 Å². The Labute approximate surface area is 125 Å². The van der Waals surface area contributed by atoms with Gasteiger partial charge in [0.2, 0.25) is 0 Å². The molecule has 1 aliphatic rings. The number of hydrogen-bond acceptors (Lipinski definition) is 1. The first-order chi connectivity index (χ1) is 9.49. The van der Waals surface area contributed by atoms with Gasteiger partial charge in [0.25, 0.3) is 0 Å². The lowest BCUT2D eigenvalue weighted by molar-refractivity contribution is 0.288. The van der Waals surface area contributed by atoms with Crippen molar-refractivity contribution >= 4 is 0 Å². The topological polar surface area (TPSA) is 12.0 Å². The molecule has 112 valence electrons. The molecule has 1 aliphatic carbocycles. The third-order valence-electron chi connectivity index (χ3n) is 4.98. The average Bonchev–Trinajstić information content (AvgIpc) is 2.41. The van der Waals surface area contributed by atoms with Gasteiger partial charge in [-0.25, -0.2) is 0 Å². The van der Waals surface area contributed by atoms with E-state index in [9.17, 15) is 0 Å². The molecule has 0 saturated heterocycles. The van der Waals surface area contributed by atoms with Gasteiger partial charge < -0.3 is 5.32 Å². The van der Waals surface area contributed by atoms with E-state index < -0.39 is 0 Å². The molecule has 1 saturated carbocycles. The summed E-state index contributed by atoms with van der Waals surface area (Å²) in [5, 5.41) is 3.66. The van der Waals surface area contributed by atoms with Gasteiger partial charge in [-0.15, -0.1) is 0 Å². The molecule has 2 rings (SSSR count). The van der Waals surface area contributed by atoms with Crippen LogP contribution >= 0.6 is 0 Å². The van der Waals surface area contributed by atoms with Crippen LogP contribution in [0.4, 0.5) is 0 Å². The molecular weight excluding hydrogens is 242 g/mol. The molecule has 0 heterocycles. The Hall–Kier alpha value is -0.820. The SMILES string of the molecule is Cc1cc(C)c(C2CCCCC2CNC(C)C)cc1C. The van der Waals surface area contributed by atoms with Crippen LogP contribution in [0.15, 0.2) is 12.1 Å². The molecule has 1 heteroatoms. The molecule has 1 nitrogen and oxygen atoms in total. The first-order valence-electron chi connectivity index (χ1n) is 8.30. The molecular formula is C19H31N. The fourth-order valence-corrected chi connectivity index (χ4v) is 3.63. The second-order valence-corrected chi connectivity index (χ2v) is 7.01. The smallest absolute Gasteiger partial charge is 0.00104 e. The Morgan fingerprint density at radius 1 is 1.00 bits per heavy atom. The van der Waals surface area contributed by atoms with Crippen molar-refractivity contribution in [1.82, 2.24) is 5.32 Å². The van der Waals surface area contributed by atoms with Crippen molar-refractivity contribution < 1.29 is 0 Å². The van der Waals surface area contributed by atoms with E-state index in [1.165, 1.54) is 48.9 Å². The zero-order valence-electron chi connectivity index (χ0n) is 13.9. The van der Waals surface area contributed by atoms with Crippen LogP contribution in [0.25, 0.3) is 0 Å². The van der Waals surface area contributed by atoms with E-state index in [0.717, 1.165) is 11.8 Å². The molecule has 0 bridgehead atoms. The summed E-state index contributed by atoms with van der Waals surface area (Å²) in [6.45, 7) is 12.4. The lowest BCUT2D eigenvalue weighted by atomic mass is 9.73. The van der Waals surface area contributed by atoms with Gasteiger partial charge >= 0.3 is 0 Å². The lowest BCUT2D eigenvalue weighted by Crippen LogP contribution is -2.33. The summed E-state index contributed by atoms with van der Waals surface area (Å²) in [4.78, 5) is 0. The summed E-state index contributed by atoms with van der Waals surface area (Å²) in [6.07, 6.45) is 5.56. The number of hydrogen-bond donors (Lipinski definition) is 1. The molecule has 0 spiro atoms. The van der Waals surface area contributed by atoms with E-state index in [1.54, 1.807) is 5.56 Å². The largest absolute Gasteiger partial charge is 0.314 e. The van der Waals surface area contributed by atoms with Crippen LogP contribution in [0.5, 0.6) is 0 Å². The van der Waals surface area contributed by atoms with Crippen LogP contribution in [0.1, 0.15) is 67.7 Å². The molecule has 0 amide bonds. The molecule has 2 atom stereocenters. The van der Waals surface area contributed by atoms with Gasteiger partial charge in [0.1, 0.15) is 0 Å². The molecule has 1 aromatic carbocycles. The predicted octanol–water partition coefficient (Wildman–Crippen LogP) is 4.88. The highest BCUT2D eigenvalue weighted by Crippen LogP contribution is 2.39. The minimum Gasteiger partial charge on any atom is -0.314 e. The Morgan fingerprint density at radius 2 is 1.65 bits per heavy atom. The van der Waals surface area contributed by atoms with Gasteiger partial charge in [0, 0.05) is 6.04 Å². The van der Waals surface area contributed by atoms with Gasteiger partial charge in [0.15, 0.2) is 0 Å². The number of rotatable bonds is 4. The van der Waals surface area contributed by atoms with Crippen molar-refractivity contribution in [3.8, 4) is 0 Å². The maximum Gasteiger partial charge on any atom is 0.00104 e.